The minimum atomic E-state index is -0.865. The number of hydrogen-bond acceptors (Lipinski definition) is 6. The van der Waals surface area contributed by atoms with E-state index in [2.05, 4.69) is 22.2 Å². The SMILES string of the molecule is CC(C)(O)COc1cccc(C2(NNCC/C=C/CN3CCC(=O)NC3=O)CC2)c1. The first-order chi connectivity index (χ1) is 14.3. The molecule has 1 aromatic rings. The van der Waals surface area contributed by atoms with Gasteiger partial charge in [-0.1, -0.05) is 24.3 Å². The standard InChI is InChI=1S/C22H32N4O4/c1-21(2,29)16-30-18-8-6-7-17(15-18)22(10-11-22)25-23-12-4-3-5-13-26-14-9-19(27)24-20(26)28/h3,5-8,15,23,25,29H,4,9-14,16H2,1-2H3,(H,24,27,28)/b5-3+. The van der Waals surface area contributed by atoms with E-state index in [1.807, 2.05) is 30.4 Å². The number of amides is 3. The maximum absolute atomic E-state index is 11.7. The maximum Gasteiger partial charge on any atom is 0.324 e. The van der Waals surface area contributed by atoms with Crippen LogP contribution in [-0.4, -0.2) is 53.8 Å². The molecule has 0 aromatic heterocycles. The highest BCUT2D eigenvalue weighted by Gasteiger charge is 2.44. The smallest absolute Gasteiger partial charge is 0.324 e. The van der Waals surface area contributed by atoms with E-state index in [-0.39, 0.29) is 24.1 Å². The molecule has 3 rings (SSSR count). The topological polar surface area (TPSA) is 103 Å². The van der Waals surface area contributed by atoms with Gasteiger partial charge in [0.15, 0.2) is 0 Å². The zero-order valence-corrected chi connectivity index (χ0v) is 17.7. The molecule has 30 heavy (non-hydrogen) atoms. The van der Waals surface area contributed by atoms with Crippen molar-refractivity contribution < 1.29 is 19.4 Å². The van der Waals surface area contributed by atoms with E-state index in [9.17, 15) is 14.7 Å². The van der Waals surface area contributed by atoms with Gasteiger partial charge >= 0.3 is 6.03 Å². The lowest BCUT2D eigenvalue weighted by atomic mass is 10.1. The number of carbonyl (C=O) groups excluding carboxylic acids is 2. The molecule has 0 atom stereocenters. The molecule has 1 aliphatic carbocycles. The normalized spacial score (nSPS) is 18.6. The number of hydrazine groups is 1. The van der Waals surface area contributed by atoms with Gasteiger partial charge in [-0.25, -0.2) is 10.2 Å². The summed E-state index contributed by atoms with van der Waals surface area (Å²) in [6.45, 7) is 5.43. The molecule has 0 spiro atoms. The van der Waals surface area contributed by atoms with Gasteiger partial charge in [-0.15, -0.1) is 0 Å². The second kappa shape index (κ2) is 9.59. The number of urea groups is 1. The van der Waals surface area contributed by atoms with Gasteiger partial charge in [0.1, 0.15) is 12.4 Å². The first-order valence-electron chi connectivity index (χ1n) is 10.5. The molecule has 0 radical (unpaired) electrons. The summed E-state index contributed by atoms with van der Waals surface area (Å²) >= 11 is 0. The van der Waals surface area contributed by atoms with Crippen molar-refractivity contribution in [3.63, 3.8) is 0 Å². The number of carbonyl (C=O) groups is 2. The number of nitrogens with one attached hydrogen (secondary N) is 3. The van der Waals surface area contributed by atoms with Gasteiger partial charge < -0.3 is 14.7 Å². The van der Waals surface area contributed by atoms with Crippen molar-refractivity contribution in [2.75, 3.05) is 26.2 Å². The number of ether oxygens (including phenoxy) is 1. The first-order valence-corrected chi connectivity index (χ1v) is 10.5. The Balaban J connectivity index is 1.38. The average Bonchev–Trinajstić information content (AvgIpc) is 3.48. The summed E-state index contributed by atoms with van der Waals surface area (Å²) in [7, 11) is 0. The number of rotatable bonds is 11. The van der Waals surface area contributed by atoms with Crippen LogP contribution in [0.3, 0.4) is 0 Å². The summed E-state index contributed by atoms with van der Waals surface area (Å²) in [4.78, 5) is 24.4. The summed E-state index contributed by atoms with van der Waals surface area (Å²) in [6.07, 6.45) is 7.26. The molecule has 0 unspecified atom stereocenters. The van der Waals surface area contributed by atoms with Crippen LogP contribution in [0.4, 0.5) is 4.79 Å². The minimum Gasteiger partial charge on any atom is -0.491 e. The van der Waals surface area contributed by atoms with Gasteiger partial charge in [0, 0.05) is 26.1 Å². The number of aliphatic hydroxyl groups is 1. The third kappa shape index (κ3) is 6.55. The lowest BCUT2D eigenvalue weighted by Crippen LogP contribution is -2.49. The summed E-state index contributed by atoms with van der Waals surface area (Å²) in [5.41, 5.74) is 6.97. The maximum atomic E-state index is 11.7. The fraction of sp³-hybridized carbons (Fsp3) is 0.545. The second-order valence-corrected chi connectivity index (χ2v) is 8.57. The van der Waals surface area contributed by atoms with Crippen LogP contribution in [0.5, 0.6) is 5.75 Å². The predicted molar refractivity (Wildman–Crippen MR) is 114 cm³/mol. The second-order valence-electron chi connectivity index (χ2n) is 8.57. The van der Waals surface area contributed by atoms with Crippen molar-refractivity contribution in [3.05, 3.63) is 42.0 Å². The Bertz CT molecular complexity index is 784. The highest BCUT2D eigenvalue weighted by Crippen LogP contribution is 2.45. The predicted octanol–water partition coefficient (Wildman–Crippen LogP) is 1.81. The Morgan fingerprint density at radius 2 is 2.10 bits per heavy atom. The lowest BCUT2D eigenvalue weighted by molar-refractivity contribution is -0.121. The van der Waals surface area contributed by atoms with Crippen LogP contribution in [0.25, 0.3) is 0 Å². The number of hydrogen-bond donors (Lipinski definition) is 4. The Hall–Kier alpha value is -2.42. The number of nitrogens with zero attached hydrogens (tertiary/aromatic N) is 1. The van der Waals surface area contributed by atoms with E-state index in [4.69, 9.17) is 4.74 Å². The molecular formula is C22H32N4O4. The Morgan fingerprint density at radius 3 is 2.80 bits per heavy atom. The fourth-order valence-electron chi connectivity index (χ4n) is 3.23. The Kier molecular flexibility index (Phi) is 7.12. The Morgan fingerprint density at radius 1 is 1.30 bits per heavy atom. The number of benzene rings is 1. The van der Waals surface area contributed by atoms with Crippen molar-refractivity contribution in [1.82, 2.24) is 21.1 Å². The molecule has 8 heteroatoms. The number of imide groups is 1. The summed E-state index contributed by atoms with van der Waals surface area (Å²) in [5, 5.41) is 12.2. The molecule has 3 amide bonds. The Labute approximate surface area is 177 Å². The van der Waals surface area contributed by atoms with Crippen LogP contribution in [0.15, 0.2) is 36.4 Å². The molecule has 1 saturated heterocycles. The van der Waals surface area contributed by atoms with E-state index >= 15 is 0 Å². The van der Waals surface area contributed by atoms with Crippen LogP contribution in [0, 0.1) is 0 Å². The molecule has 1 aromatic carbocycles. The average molecular weight is 417 g/mol. The molecule has 1 saturated carbocycles. The van der Waals surface area contributed by atoms with E-state index in [0.29, 0.717) is 19.5 Å². The molecule has 164 valence electrons. The quantitative estimate of drug-likeness (QED) is 0.249. The molecule has 1 heterocycles. The zero-order valence-electron chi connectivity index (χ0n) is 17.7. The van der Waals surface area contributed by atoms with E-state index in [1.165, 1.54) is 5.56 Å². The highest BCUT2D eigenvalue weighted by molar-refractivity contribution is 5.96. The molecule has 4 N–H and O–H groups in total. The summed E-state index contributed by atoms with van der Waals surface area (Å²) in [6, 6.07) is 7.68. The molecular weight excluding hydrogens is 384 g/mol. The van der Waals surface area contributed by atoms with Gasteiger partial charge in [0.2, 0.25) is 5.91 Å². The lowest BCUT2D eigenvalue weighted by Gasteiger charge is -2.25. The van der Waals surface area contributed by atoms with Crippen LogP contribution >= 0.6 is 0 Å². The van der Waals surface area contributed by atoms with E-state index in [0.717, 1.165) is 31.6 Å². The van der Waals surface area contributed by atoms with Gasteiger partial charge in [-0.3, -0.25) is 15.5 Å². The first kappa shape index (κ1) is 22.3. The highest BCUT2D eigenvalue weighted by atomic mass is 16.5. The van der Waals surface area contributed by atoms with Crippen molar-refractivity contribution in [1.29, 1.82) is 0 Å². The molecule has 1 aliphatic heterocycles. The van der Waals surface area contributed by atoms with Gasteiger partial charge in [0.25, 0.3) is 0 Å². The van der Waals surface area contributed by atoms with Crippen molar-refractivity contribution in [3.8, 4) is 5.75 Å². The van der Waals surface area contributed by atoms with Crippen molar-refractivity contribution >= 4 is 11.9 Å². The van der Waals surface area contributed by atoms with Gasteiger partial charge in [-0.2, -0.15) is 0 Å². The molecule has 0 bridgehead atoms. The van der Waals surface area contributed by atoms with Crippen LogP contribution in [0.1, 0.15) is 45.1 Å². The largest absolute Gasteiger partial charge is 0.491 e. The fourth-order valence-corrected chi connectivity index (χ4v) is 3.23. The monoisotopic (exact) mass is 416 g/mol. The molecule has 2 aliphatic rings. The summed E-state index contributed by atoms with van der Waals surface area (Å²) < 4.78 is 5.71. The van der Waals surface area contributed by atoms with Crippen LogP contribution in [0.2, 0.25) is 0 Å². The van der Waals surface area contributed by atoms with E-state index in [1.54, 1.807) is 18.7 Å². The molecule has 8 nitrogen and oxygen atoms in total. The minimum absolute atomic E-state index is 0.0732. The summed E-state index contributed by atoms with van der Waals surface area (Å²) in [5.74, 6) is 0.549. The third-order valence-corrected chi connectivity index (χ3v) is 5.13. The van der Waals surface area contributed by atoms with Crippen molar-refractivity contribution in [2.24, 2.45) is 0 Å². The zero-order chi connectivity index (χ0) is 21.6. The van der Waals surface area contributed by atoms with E-state index < -0.39 is 5.60 Å². The molecule has 2 fully saturated rings. The third-order valence-electron chi connectivity index (χ3n) is 5.13. The van der Waals surface area contributed by atoms with Crippen molar-refractivity contribution in [2.45, 2.75) is 50.7 Å². The van der Waals surface area contributed by atoms with Gasteiger partial charge in [-0.05, 0) is 50.8 Å². The van der Waals surface area contributed by atoms with Gasteiger partial charge in [0.05, 0.1) is 11.1 Å². The van der Waals surface area contributed by atoms with Crippen LogP contribution in [-0.2, 0) is 10.3 Å². The van der Waals surface area contributed by atoms with Crippen LogP contribution < -0.4 is 20.9 Å².